The fourth-order valence-corrected chi connectivity index (χ4v) is 2.73. The fraction of sp³-hybridized carbons (Fsp3) is 0.312. The Labute approximate surface area is 143 Å². The number of nitrogens with zero attached hydrogens (tertiary/aromatic N) is 1. The highest BCUT2D eigenvalue weighted by atomic mass is 16.5. The zero-order valence-corrected chi connectivity index (χ0v) is 13.5. The molecule has 9 nitrogen and oxygen atoms in total. The van der Waals surface area contributed by atoms with Gasteiger partial charge in [0.25, 0.3) is 11.8 Å². The van der Waals surface area contributed by atoms with Gasteiger partial charge >= 0.3 is 0 Å². The minimum Gasteiger partial charge on any atom is -0.485 e. The first-order valence-corrected chi connectivity index (χ1v) is 7.53. The number of hydrogen-bond donors (Lipinski definition) is 2. The van der Waals surface area contributed by atoms with Crippen LogP contribution in [0.3, 0.4) is 0 Å². The highest BCUT2D eigenvalue weighted by molar-refractivity contribution is 6.24. The summed E-state index contributed by atoms with van der Waals surface area (Å²) >= 11 is 0. The number of carbonyl (C=O) groups is 5. The van der Waals surface area contributed by atoms with E-state index in [0.717, 1.165) is 4.90 Å². The minimum atomic E-state index is -1.03. The lowest BCUT2D eigenvalue weighted by atomic mass is 10.0. The van der Waals surface area contributed by atoms with Crippen LogP contribution in [0.5, 0.6) is 5.75 Å². The molecule has 1 unspecified atom stereocenters. The number of rotatable bonds is 4. The molecule has 0 aliphatic carbocycles. The standard InChI is InChI=1S/C15H12N2O6.CH5N/c18-6-7-23-10-3-1-2-8-12(10)15(22)17(14(8)21)9-4-5-11(19)16-13(9)20;1-2/h1-3,6,9H,4-5,7H2,(H,16,19,20);2H2,1H3. The van der Waals surface area contributed by atoms with Gasteiger partial charge in [0.2, 0.25) is 11.8 Å². The maximum atomic E-state index is 12.6. The van der Waals surface area contributed by atoms with E-state index in [0.29, 0.717) is 6.29 Å². The van der Waals surface area contributed by atoms with Gasteiger partial charge in [-0.25, -0.2) is 0 Å². The summed E-state index contributed by atoms with van der Waals surface area (Å²) in [5.41, 5.74) is 4.65. The number of piperidine rings is 1. The number of nitrogens with two attached hydrogens (primary N) is 1. The Bertz CT molecular complexity index is 745. The van der Waals surface area contributed by atoms with Crippen molar-refractivity contribution in [3.05, 3.63) is 29.3 Å². The van der Waals surface area contributed by atoms with Crippen molar-refractivity contribution in [3.63, 3.8) is 0 Å². The fourth-order valence-electron chi connectivity index (χ4n) is 2.73. The summed E-state index contributed by atoms with van der Waals surface area (Å²) in [6.45, 7) is -0.254. The third-order valence-corrected chi connectivity index (χ3v) is 3.74. The molecule has 3 N–H and O–H groups in total. The van der Waals surface area contributed by atoms with Crippen LogP contribution in [-0.2, 0) is 14.4 Å². The Morgan fingerprint density at radius 3 is 2.60 bits per heavy atom. The number of imide groups is 2. The molecular formula is C16H17N3O6. The van der Waals surface area contributed by atoms with Gasteiger partial charge in [0.1, 0.15) is 18.4 Å². The molecule has 9 heteroatoms. The molecule has 1 fully saturated rings. The van der Waals surface area contributed by atoms with Crippen LogP contribution >= 0.6 is 0 Å². The van der Waals surface area contributed by atoms with Crippen LogP contribution in [0.4, 0.5) is 0 Å². The highest BCUT2D eigenvalue weighted by Gasteiger charge is 2.45. The SMILES string of the molecule is CN.O=CCOc1cccc2c1C(=O)N(C1CCC(=O)NC1=O)C2=O. The Hall–Kier alpha value is -3.07. The summed E-state index contributed by atoms with van der Waals surface area (Å²) in [6, 6.07) is 3.42. The third-order valence-electron chi connectivity index (χ3n) is 3.74. The average molecular weight is 347 g/mol. The van der Waals surface area contributed by atoms with E-state index in [1.807, 2.05) is 0 Å². The number of carbonyl (C=O) groups excluding carboxylic acids is 5. The topological polar surface area (TPSA) is 136 Å². The van der Waals surface area contributed by atoms with Gasteiger partial charge in [-0.2, -0.15) is 0 Å². The summed E-state index contributed by atoms with van der Waals surface area (Å²) in [6.07, 6.45) is 0.664. The van der Waals surface area contributed by atoms with Crippen LogP contribution in [-0.4, -0.2) is 54.5 Å². The normalized spacial score (nSPS) is 19.0. The van der Waals surface area contributed by atoms with Gasteiger partial charge in [-0.1, -0.05) is 6.07 Å². The van der Waals surface area contributed by atoms with Gasteiger partial charge in [-0.05, 0) is 25.6 Å². The van der Waals surface area contributed by atoms with E-state index in [9.17, 15) is 24.0 Å². The van der Waals surface area contributed by atoms with Crippen molar-refractivity contribution in [2.45, 2.75) is 18.9 Å². The molecule has 1 saturated heterocycles. The number of ether oxygens (including phenoxy) is 1. The molecule has 0 radical (unpaired) electrons. The third kappa shape index (κ3) is 3.26. The molecule has 2 aliphatic rings. The van der Waals surface area contributed by atoms with Gasteiger partial charge in [0.05, 0.1) is 11.1 Å². The summed E-state index contributed by atoms with van der Waals surface area (Å²) in [5.74, 6) is -2.27. The van der Waals surface area contributed by atoms with E-state index in [4.69, 9.17) is 4.74 Å². The Morgan fingerprint density at radius 1 is 1.24 bits per heavy atom. The van der Waals surface area contributed by atoms with Crippen molar-refractivity contribution in [1.29, 1.82) is 0 Å². The van der Waals surface area contributed by atoms with Crippen molar-refractivity contribution in [1.82, 2.24) is 10.2 Å². The Kier molecular flexibility index (Phi) is 5.60. The van der Waals surface area contributed by atoms with Crippen LogP contribution in [0.25, 0.3) is 0 Å². The van der Waals surface area contributed by atoms with Crippen molar-refractivity contribution < 1.29 is 28.7 Å². The Morgan fingerprint density at radius 2 is 1.96 bits per heavy atom. The lowest BCUT2D eigenvalue weighted by molar-refractivity contribution is -0.136. The largest absolute Gasteiger partial charge is 0.485 e. The van der Waals surface area contributed by atoms with E-state index < -0.39 is 29.7 Å². The van der Waals surface area contributed by atoms with Crippen LogP contribution in [0.15, 0.2) is 18.2 Å². The molecule has 132 valence electrons. The molecular weight excluding hydrogens is 330 g/mol. The maximum Gasteiger partial charge on any atom is 0.266 e. The summed E-state index contributed by atoms with van der Waals surface area (Å²) < 4.78 is 5.17. The molecule has 0 spiro atoms. The minimum absolute atomic E-state index is 0.0315. The zero-order valence-electron chi connectivity index (χ0n) is 13.5. The van der Waals surface area contributed by atoms with Crippen LogP contribution in [0.1, 0.15) is 33.6 Å². The first-order valence-electron chi connectivity index (χ1n) is 7.53. The molecule has 0 aromatic heterocycles. The Balaban J connectivity index is 0.00000109. The lowest BCUT2D eigenvalue weighted by Crippen LogP contribution is -2.54. The number of nitrogens with one attached hydrogen (secondary N) is 1. The van der Waals surface area contributed by atoms with E-state index >= 15 is 0 Å². The molecule has 3 rings (SSSR count). The van der Waals surface area contributed by atoms with E-state index in [-0.39, 0.29) is 36.3 Å². The highest BCUT2D eigenvalue weighted by Crippen LogP contribution is 2.33. The molecule has 1 aromatic rings. The number of hydrogen-bond acceptors (Lipinski definition) is 7. The second-order valence-electron chi connectivity index (χ2n) is 5.10. The van der Waals surface area contributed by atoms with Gasteiger partial charge < -0.3 is 10.5 Å². The van der Waals surface area contributed by atoms with Crippen molar-refractivity contribution in [2.75, 3.05) is 13.7 Å². The molecule has 0 saturated carbocycles. The number of fused-ring (bicyclic) bond motifs is 1. The van der Waals surface area contributed by atoms with Crippen molar-refractivity contribution >= 4 is 29.9 Å². The summed E-state index contributed by atoms with van der Waals surface area (Å²) in [4.78, 5) is 59.5. The maximum absolute atomic E-state index is 12.6. The van der Waals surface area contributed by atoms with E-state index in [2.05, 4.69) is 11.1 Å². The number of benzene rings is 1. The zero-order chi connectivity index (χ0) is 18.6. The van der Waals surface area contributed by atoms with Gasteiger partial charge in [0.15, 0.2) is 6.29 Å². The molecule has 1 aromatic carbocycles. The van der Waals surface area contributed by atoms with Crippen LogP contribution in [0, 0.1) is 0 Å². The average Bonchev–Trinajstić information content (AvgIpc) is 2.87. The second kappa shape index (κ2) is 7.67. The second-order valence-corrected chi connectivity index (χ2v) is 5.10. The molecule has 1 atom stereocenters. The molecule has 25 heavy (non-hydrogen) atoms. The van der Waals surface area contributed by atoms with E-state index in [1.165, 1.54) is 25.2 Å². The first-order chi connectivity index (χ1) is 12.0. The van der Waals surface area contributed by atoms with Gasteiger partial charge in [0, 0.05) is 6.42 Å². The monoisotopic (exact) mass is 347 g/mol. The quantitative estimate of drug-likeness (QED) is 0.540. The summed E-state index contributed by atoms with van der Waals surface area (Å²) in [5, 5.41) is 2.12. The molecule has 2 aliphatic heterocycles. The number of aldehydes is 1. The molecule has 4 amide bonds. The summed E-state index contributed by atoms with van der Waals surface area (Å²) in [7, 11) is 1.50. The number of amides is 4. The molecule has 2 heterocycles. The molecule has 0 bridgehead atoms. The smallest absolute Gasteiger partial charge is 0.266 e. The van der Waals surface area contributed by atoms with Crippen molar-refractivity contribution in [3.8, 4) is 5.75 Å². The van der Waals surface area contributed by atoms with Crippen molar-refractivity contribution in [2.24, 2.45) is 5.73 Å². The van der Waals surface area contributed by atoms with E-state index in [1.54, 1.807) is 0 Å². The predicted octanol–water partition coefficient (Wildman–Crippen LogP) is -0.760. The van der Waals surface area contributed by atoms with Gasteiger partial charge in [-0.15, -0.1) is 0 Å². The van der Waals surface area contributed by atoms with Crippen LogP contribution in [0.2, 0.25) is 0 Å². The van der Waals surface area contributed by atoms with Gasteiger partial charge in [-0.3, -0.25) is 34.2 Å². The first kappa shape index (κ1) is 18.3. The lowest BCUT2D eigenvalue weighted by Gasteiger charge is -2.27. The predicted molar refractivity (Wildman–Crippen MR) is 84.8 cm³/mol. The van der Waals surface area contributed by atoms with Crippen LogP contribution < -0.4 is 15.8 Å².